The average Bonchev–Trinajstić information content (AvgIpc) is 3.05. The SMILES string of the molecule is O=C(Cn1nc(-c2ccccc2Cl)n(-c2ccccc2)c1=S)Nc1ccccc1. The molecule has 0 saturated carbocycles. The normalized spacial score (nSPS) is 10.7. The summed E-state index contributed by atoms with van der Waals surface area (Å²) in [6.45, 7) is -0.00891. The fourth-order valence-corrected chi connectivity index (χ4v) is 3.51. The van der Waals surface area contributed by atoms with Crippen LogP contribution in [-0.4, -0.2) is 20.3 Å². The van der Waals surface area contributed by atoms with Crippen LogP contribution in [0.25, 0.3) is 17.1 Å². The highest BCUT2D eigenvalue weighted by atomic mass is 35.5. The molecule has 7 heteroatoms. The molecule has 1 heterocycles. The molecule has 0 unspecified atom stereocenters. The van der Waals surface area contributed by atoms with Gasteiger partial charge in [0.05, 0.1) is 5.02 Å². The lowest BCUT2D eigenvalue weighted by Crippen LogP contribution is -2.19. The largest absolute Gasteiger partial charge is 0.324 e. The maximum Gasteiger partial charge on any atom is 0.246 e. The summed E-state index contributed by atoms with van der Waals surface area (Å²) in [5, 5.41) is 8.05. The third-order valence-electron chi connectivity index (χ3n) is 4.32. The lowest BCUT2D eigenvalue weighted by Gasteiger charge is -2.07. The Kier molecular flexibility index (Phi) is 5.55. The summed E-state index contributed by atoms with van der Waals surface area (Å²) in [7, 11) is 0. The van der Waals surface area contributed by atoms with Gasteiger partial charge in [-0.25, -0.2) is 4.68 Å². The third-order valence-corrected chi connectivity index (χ3v) is 5.04. The monoisotopic (exact) mass is 420 g/mol. The van der Waals surface area contributed by atoms with Crippen molar-refractivity contribution >= 4 is 35.4 Å². The lowest BCUT2D eigenvalue weighted by molar-refractivity contribution is -0.116. The van der Waals surface area contributed by atoms with E-state index in [0.717, 1.165) is 16.9 Å². The van der Waals surface area contributed by atoms with Crippen molar-refractivity contribution < 1.29 is 4.79 Å². The Balaban J connectivity index is 1.75. The summed E-state index contributed by atoms with van der Waals surface area (Å²) < 4.78 is 3.75. The van der Waals surface area contributed by atoms with Gasteiger partial charge in [-0.3, -0.25) is 9.36 Å². The van der Waals surface area contributed by atoms with E-state index in [1.54, 1.807) is 6.07 Å². The topological polar surface area (TPSA) is 51.9 Å². The van der Waals surface area contributed by atoms with Crippen LogP contribution in [0.5, 0.6) is 0 Å². The van der Waals surface area contributed by atoms with Crippen molar-refractivity contribution in [3.05, 3.63) is 94.7 Å². The van der Waals surface area contributed by atoms with Gasteiger partial charge in [-0.05, 0) is 48.6 Å². The van der Waals surface area contributed by atoms with Crippen LogP contribution in [0.15, 0.2) is 84.9 Å². The van der Waals surface area contributed by atoms with Crippen LogP contribution in [0.4, 0.5) is 5.69 Å². The molecular weight excluding hydrogens is 404 g/mol. The highest BCUT2D eigenvalue weighted by molar-refractivity contribution is 7.71. The number of carbonyl (C=O) groups excluding carboxylic acids is 1. The molecule has 0 bridgehead atoms. The van der Waals surface area contributed by atoms with Crippen molar-refractivity contribution in [1.29, 1.82) is 0 Å². The second-order valence-electron chi connectivity index (χ2n) is 6.33. The molecule has 0 radical (unpaired) electrons. The van der Waals surface area contributed by atoms with E-state index in [1.165, 1.54) is 4.68 Å². The lowest BCUT2D eigenvalue weighted by atomic mass is 10.2. The number of hydrogen-bond acceptors (Lipinski definition) is 3. The minimum atomic E-state index is -0.212. The third kappa shape index (κ3) is 4.13. The first-order valence-corrected chi connectivity index (χ1v) is 9.77. The van der Waals surface area contributed by atoms with Gasteiger partial charge in [0.1, 0.15) is 6.54 Å². The Bertz CT molecular complexity index is 1200. The molecular formula is C22H17ClN4OS. The van der Waals surface area contributed by atoms with Gasteiger partial charge in [0.2, 0.25) is 10.7 Å². The molecule has 4 aromatic rings. The summed E-state index contributed by atoms with van der Waals surface area (Å²) in [5.74, 6) is 0.370. The molecule has 0 aliphatic heterocycles. The first kappa shape index (κ1) is 19.1. The first-order chi connectivity index (χ1) is 14.1. The van der Waals surface area contributed by atoms with Gasteiger partial charge in [0.15, 0.2) is 5.82 Å². The molecule has 0 saturated heterocycles. The standard InChI is InChI=1S/C22H17ClN4OS/c23-19-14-8-7-13-18(19)21-25-26(15-20(28)24-16-9-3-1-4-10-16)22(29)27(21)17-11-5-2-6-12-17/h1-14H,15H2,(H,24,28). The van der Waals surface area contributed by atoms with Crippen LogP contribution in [0.3, 0.4) is 0 Å². The Morgan fingerprint density at radius 3 is 2.24 bits per heavy atom. The zero-order valence-corrected chi connectivity index (χ0v) is 16.9. The van der Waals surface area contributed by atoms with Crippen LogP contribution in [0.1, 0.15) is 0 Å². The van der Waals surface area contributed by atoms with Crippen molar-refractivity contribution in [3.8, 4) is 17.1 Å². The van der Waals surface area contributed by atoms with Crippen LogP contribution in [-0.2, 0) is 11.3 Å². The summed E-state index contributed by atoms with van der Waals surface area (Å²) in [6, 6.07) is 26.4. The molecule has 0 aliphatic carbocycles. The number of anilines is 1. The van der Waals surface area contributed by atoms with Gasteiger partial charge in [-0.1, -0.05) is 60.1 Å². The second kappa shape index (κ2) is 8.43. The predicted molar refractivity (Wildman–Crippen MR) is 118 cm³/mol. The summed E-state index contributed by atoms with van der Waals surface area (Å²) in [5.41, 5.74) is 2.31. The average molecular weight is 421 g/mol. The van der Waals surface area contributed by atoms with Crippen molar-refractivity contribution in [3.63, 3.8) is 0 Å². The van der Waals surface area contributed by atoms with E-state index >= 15 is 0 Å². The van der Waals surface area contributed by atoms with Gasteiger partial charge in [-0.15, -0.1) is 0 Å². The number of halogens is 1. The number of amides is 1. The number of hydrogen-bond donors (Lipinski definition) is 1. The highest BCUT2D eigenvalue weighted by Crippen LogP contribution is 2.28. The van der Waals surface area contributed by atoms with Crippen molar-refractivity contribution in [1.82, 2.24) is 14.3 Å². The fraction of sp³-hybridized carbons (Fsp3) is 0.0455. The Morgan fingerprint density at radius 2 is 1.55 bits per heavy atom. The van der Waals surface area contributed by atoms with Gasteiger partial charge in [0.25, 0.3) is 0 Å². The molecule has 0 aliphatic rings. The molecule has 5 nitrogen and oxygen atoms in total. The number of nitrogens with one attached hydrogen (secondary N) is 1. The van der Waals surface area contributed by atoms with Gasteiger partial charge < -0.3 is 5.32 Å². The zero-order chi connectivity index (χ0) is 20.2. The molecule has 3 aromatic carbocycles. The first-order valence-electron chi connectivity index (χ1n) is 8.98. The molecule has 144 valence electrons. The van der Waals surface area contributed by atoms with Gasteiger partial charge in [-0.2, -0.15) is 5.10 Å². The molecule has 0 atom stereocenters. The molecule has 0 spiro atoms. The van der Waals surface area contributed by atoms with Crippen LogP contribution >= 0.6 is 23.8 Å². The van der Waals surface area contributed by atoms with Crippen LogP contribution in [0.2, 0.25) is 5.02 Å². The van der Waals surface area contributed by atoms with E-state index in [-0.39, 0.29) is 12.5 Å². The van der Waals surface area contributed by atoms with Gasteiger partial charge in [0, 0.05) is 16.9 Å². The molecule has 1 amide bonds. The maximum atomic E-state index is 12.5. The predicted octanol–water partition coefficient (Wildman–Crippen LogP) is 5.36. The van der Waals surface area contributed by atoms with Gasteiger partial charge >= 0.3 is 0 Å². The molecule has 1 aromatic heterocycles. The van der Waals surface area contributed by atoms with E-state index < -0.39 is 0 Å². The zero-order valence-electron chi connectivity index (χ0n) is 15.3. The second-order valence-corrected chi connectivity index (χ2v) is 7.10. The minimum Gasteiger partial charge on any atom is -0.324 e. The number of carbonyl (C=O) groups is 1. The number of nitrogens with zero attached hydrogens (tertiary/aromatic N) is 3. The summed E-state index contributed by atoms with van der Waals surface area (Å²) in [4.78, 5) is 12.5. The van der Waals surface area contributed by atoms with Crippen LogP contribution < -0.4 is 5.32 Å². The Morgan fingerprint density at radius 1 is 0.931 bits per heavy atom. The van der Waals surface area contributed by atoms with E-state index in [2.05, 4.69) is 10.4 Å². The van der Waals surface area contributed by atoms with E-state index in [4.69, 9.17) is 23.8 Å². The molecule has 1 N–H and O–H groups in total. The number of benzene rings is 3. The van der Waals surface area contributed by atoms with E-state index in [1.807, 2.05) is 83.4 Å². The van der Waals surface area contributed by atoms with Crippen molar-refractivity contribution in [2.75, 3.05) is 5.32 Å². The van der Waals surface area contributed by atoms with Crippen LogP contribution in [0, 0.1) is 4.77 Å². The van der Waals surface area contributed by atoms with Crippen molar-refractivity contribution in [2.45, 2.75) is 6.54 Å². The number of para-hydroxylation sites is 2. The minimum absolute atomic E-state index is 0.00891. The maximum absolute atomic E-state index is 12.5. The van der Waals surface area contributed by atoms with E-state index in [9.17, 15) is 4.79 Å². The van der Waals surface area contributed by atoms with E-state index in [0.29, 0.717) is 15.6 Å². The summed E-state index contributed by atoms with van der Waals surface area (Å²) in [6.07, 6.45) is 0. The Hall–Kier alpha value is -3.22. The fourth-order valence-electron chi connectivity index (χ4n) is 3.00. The molecule has 4 rings (SSSR count). The highest BCUT2D eigenvalue weighted by Gasteiger charge is 2.18. The number of rotatable bonds is 5. The quantitative estimate of drug-likeness (QED) is 0.442. The molecule has 0 fully saturated rings. The smallest absolute Gasteiger partial charge is 0.246 e. The summed E-state index contributed by atoms with van der Waals surface area (Å²) >= 11 is 12.1. The van der Waals surface area contributed by atoms with Crippen molar-refractivity contribution in [2.24, 2.45) is 0 Å². The number of aromatic nitrogens is 3. The molecule has 29 heavy (non-hydrogen) atoms. The Labute approximate surface area is 178 Å².